The highest BCUT2D eigenvalue weighted by atomic mass is 35.5. The lowest BCUT2D eigenvalue weighted by atomic mass is 10.3. The molecule has 1 aromatic carbocycles. The van der Waals surface area contributed by atoms with Gasteiger partial charge in [0.2, 0.25) is 0 Å². The van der Waals surface area contributed by atoms with Gasteiger partial charge in [0.25, 0.3) is 11.8 Å². The first-order valence-electron chi connectivity index (χ1n) is 8.92. The predicted octanol–water partition coefficient (Wildman–Crippen LogP) is 1.75. The third-order valence-electron chi connectivity index (χ3n) is 4.27. The van der Waals surface area contributed by atoms with Gasteiger partial charge < -0.3 is 15.0 Å². The molecule has 144 valence electrons. The van der Waals surface area contributed by atoms with Crippen molar-refractivity contribution in [3.05, 3.63) is 41.2 Å². The van der Waals surface area contributed by atoms with E-state index in [1.165, 1.54) is 0 Å². The molecule has 2 heterocycles. The number of benzene rings is 1. The van der Waals surface area contributed by atoms with Crippen LogP contribution in [0.1, 0.15) is 30.3 Å². The van der Waals surface area contributed by atoms with Gasteiger partial charge in [-0.25, -0.2) is 4.68 Å². The Morgan fingerprint density at radius 1 is 1.33 bits per heavy atom. The minimum absolute atomic E-state index is 0.0914. The zero-order valence-electron chi connectivity index (χ0n) is 15.1. The Bertz CT molecular complexity index is 804. The standard InChI is InChI=1S/C18H22ClN5O3/c1-13(27-15-6-4-5-14(19)11-15)17(25)20-7-10-24-12-16(21-22-24)18(26)23-8-2-3-9-23/h4-6,11-13H,2-3,7-10H2,1H3,(H,20,25). The predicted molar refractivity (Wildman–Crippen MR) is 99.7 cm³/mol. The number of likely N-dealkylation sites (tertiary alicyclic amines) is 1. The van der Waals surface area contributed by atoms with Crippen LogP contribution < -0.4 is 10.1 Å². The molecular formula is C18H22ClN5O3. The summed E-state index contributed by atoms with van der Waals surface area (Å²) in [5.74, 6) is 0.196. The van der Waals surface area contributed by atoms with Crippen molar-refractivity contribution < 1.29 is 14.3 Å². The van der Waals surface area contributed by atoms with Crippen LogP contribution in [0.3, 0.4) is 0 Å². The normalized spacial score (nSPS) is 14.8. The molecule has 27 heavy (non-hydrogen) atoms. The first-order valence-corrected chi connectivity index (χ1v) is 9.30. The van der Waals surface area contributed by atoms with Gasteiger partial charge in [-0.2, -0.15) is 0 Å². The fourth-order valence-electron chi connectivity index (χ4n) is 2.82. The van der Waals surface area contributed by atoms with Crippen LogP contribution >= 0.6 is 11.6 Å². The van der Waals surface area contributed by atoms with E-state index in [0.717, 1.165) is 25.9 Å². The highest BCUT2D eigenvalue weighted by Crippen LogP contribution is 2.18. The van der Waals surface area contributed by atoms with Gasteiger partial charge in [-0.15, -0.1) is 5.10 Å². The first kappa shape index (κ1) is 19.2. The molecule has 1 aliphatic heterocycles. The Labute approximate surface area is 162 Å². The molecular weight excluding hydrogens is 370 g/mol. The van der Waals surface area contributed by atoms with Crippen molar-refractivity contribution in [2.24, 2.45) is 0 Å². The Morgan fingerprint density at radius 2 is 2.11 bits per heavy atom. The molecule has 0 saturated carbocycles. The fourth-order valence-corrected chi connectivity index (χ4v) is 3.00. The molecule has 9 heteroatoms. The van der Waals surface area contributed by atoms with E-state index >= 15 is 0 Å². The third kappa shape index (κ3) is 5.19. The van der Waals surface area contributed by atoms with E-state index in [1.807, 2.05) is 0 Å². The number of nitrogens with zero attached hydrogens (tertiary/aromatic N) is 4. The molecule has 0 radical (unpaired) electrons. The summed E-state index contributed by atoms with van der Waals surface area (Å²) in [7, 11) is 0. The molecule has 1 fully saturated rings. The number of nitrogens with one attached hydrogen (secondary N) is 1. The average molecular weight is 392 g/mol. The van der Waals surface area contributed by atoms with Crippen LogP contribution in [0.5, 0.6) is 5.75 Å². The van der Waals surface area contributed by atoms with Crippen molar-refractivity contribution in [3.63, 3.8) is 0 Å². The molecule has 0 bridgehead atoms. The summed E-state index contributed by atoms with van der Waals surface area (Å²) in [4.78, 5) is 26.2. The molecule has 1 aromatic heterocycles. The molecule has 0 spiro atoms. The lowest BCUT2D eigenvalue weighted by Gasteiger charge is -2.14. The number of aromatic nitrogens is 3. The van der Waals surface area contributed by atoms with Crippen LogP contribution in [-0.2, 0) is 11.3 Å². The monoisotopic (exact) mass is 391 g/mol. The summed E-state index contributed by atoms with van der Waals surface area (Å²) in [6.07, 6.45) is 3.01. The zero-order valence-corrected chi connectivity index (χ0v) is 15.9. The van der Waals surface area contributed by atoms with Crippen LogP contribution in [0, 0.1) is 0 Å². The summed E-state index contributed by atoms with van der Waals surface area (Å²) in [5.41, 5.74) is 0.334. The van der Waals surface area contributed by atoms with Crippen molar-refractivity contribution in [3.8, 4) is 5.75 Å². The lowest BCUT2D eigenvalue weighted by Crippen LogP contribution is -2.38. The highest BCUT2D eigenvalue weighted by Gasteiger charge is 2.22. The molecule has 8 nitrogen and oxygen atoms in total. The maximum absolute atomic E-state index is 12.2. The molecule has 1 unspecified atom stereocenters. The van der Waals surface area contributed by atoms with E-state index in [2.05, 4.69) is 15.6 Å². The SMILES string of the molecule is CC(Oc1cccc(Cl)c1)C(=O)NCCn1cc(C(=O)N2CCCC2)nn1. The van der Waals surface area contributed by atoms with Gasteiger partial charge >= 0.3 is 0 Å². The average Bonchev–Trinajstić information content (AvgIpc) is 3.33. The quantitative estimate of drug-likeness (QED) is 0.776. The van der Waals surface area contributed by atoms with Crippen LogP contribution in [0.4, 0.5) is 0 Å². The van der Waals surface area contributed by atoms with Crippen molar-refractivity contribution >= 4 is 23.4 Å². The summed E-state index contributed by atoms with van der Waals surface area (Å²) in [5, 5.41) is 11.2. The number of carbonyl (C=O) groups excluding carboxylic acids is 2. The molecule has 3 rings (SSSR count). The fraction of sp³-hybridized carbons (Fsp3) is 0.444. The third-order valence-corrected chi connectivity index (χ3v) is 4.50. The number of hydrogen-bond acceptors (Lipinski definition) is 5. The van der Waals surface area contributed by atoms with E-state index in [-0.39, 0.29) is 11.8 Å². The number of halogens is 1. The summed E-state index contributed by atoms with van der Waals surface area (Å²) >= 11 is 5.90. The van der Waals surface area contributed by atoms with E-state index < -0.39 is 6.10 Å². The second-order valence-electron chi connectivity index (χ2n) is 6.37. The zero-order chi connectivity index (χ0) is 19.2. The molecule has 2 aromatic rings. The summed E-state index contributed by atoms with van der Waals surface area (Å²) < 4.78 is 7.12. The Hall–Kier alpha value is -2.61. The van der Waals surface area contributed by atoms with E-state index in [0.29, 0.717) is 29.6 Å². The first-order chi connectivity index (χ1) is 13.0. The molecule has 1 saturated heterocycles. The summed E-state index contributed by atoms with van der Waals surface area (Å²) in [6, 6.07) is 6.89. The largest absolute Gasteiger partial charge is 0.481 e. The highest BCUT2D eigenvalue weighted by molar-refractivity contribution is 6.30. The molecule has 2 amide bonds. The molecule has 1 aliphatic rings. The topological polar surface area (TPSA) is 89.4 Å². The number of rotatable bonds is 7. The molecule has 0 aliphatic carbocycles. The Balaban J connectivity index is 1.44. The van der Waals surface area contributed by atoms with Crippen LogP contribution in [-0.4, -0.2) is 57.4 Å². The van der Waals surface area contributed by atoms with Gasteiger partial charge in [0.15, 0.2) is 11.8 Å². The molecule has 1 N–H and O–H groups in total. The van der Waals surface area contributed by atoms with Crippen molar-refractivity contribution in [1.82, 2.24) is 25.2 Å². The van der Waals surface area contributed by atoms with Gasteiger partial charge in [0.1, 0.15) is 5.75 Å². The van der Waals surface area contributed by atoms with Gasteiger partial charge in [-0.05, 0) is 38.0 Å². The van der Waals surface area contributed by atoms with Crippen molar-refractivity contribution in [2.75, 3.05) is 19.6 Å². The second-order valence-corrected chi connectivity index (χ2v) is 6.81. The van der Waals surface area contributed by atoms with Crippen molar-refractivity contribution in [1.29, 1.82) is 0 Å². The van der Waals surface area contributed by atoms with E-state index in [9.17, 15) is 9.59 Å². The minimum atomic E-state index is -0.661. The number of ether oxygens (including phenoxy) is 1. The summed E-state index contributed by atoms with van der Waals surface area (Å²) in [6.45, 7) is 3.97. The number of amides is 2. The van der Waals surface area contributed by atoms with Gasteiger partial charge in [-0.3, -0.25) is 9.59 Å². The van der Waals surface area contributed by atoms with Crippen molar-refractivity contribution in [2.45, 2.75) is 32.4 Å². The van der Waals surface area contributed by atoms with E-state index in [1.54, 1.807) is 47.0 Å². The minimum Gasteiger partial charge on any atom is -0.481 e. The van der Waals surface area contributed by atoms with Gasteiger partial charge in [0.05, 0.1) is 12.7 Å². The van der Waals surface area contributed by atoms with Gasteiger partial charge in [0, 0.05) is 24.7 Å². The Kier molecular flexibility index (Phi) is 6.28. The second kappa shape index (κ2) is 8.85. The van der Waals surface area contributed by atoms with E-state index in [4.69, 9.17) is 16.3 Å². The number of hydrogen-bond donors (Lipinski definition) is 1. The van der Waals surface area contributed by atoms with Crippen LogP contribution in [0.15, 0.2) is 30.5 Å². The van der Waals surface area contributed by atoms with Crippen LogP contribution in [0.2, 0.25) is 5.02 Å². The lowest BCUT2D eigenvalue weighted by molar-refractivity contribution is -0.127. The maximum atomic E-state index is 12.2. The Morgan fingerprint density at radius 3 is 2.85 bits per heavy atom. The number of carbonyl (C=O) groups is 2. The maximum Gasteiger partial charge on any atom is 0.276 e. The van der Waals surface area contributed by atoms with Crippen LogP contribution in [0.25, 0.3) is 0 Å². The van der Waals surface area contributed by atoms with Gasteiger partial charge in [-0.1, -0.05) is 22.9 Å². The smallest absolute Gasteiger partial charge is 0.276 e. The molecule has 1 atom stereocenters.